The van der Waals surface area contributed by atoms with Crippen LogP contribution in [0.25, 0.3) is 0 Å². The number of hydrogen-bond acceptors (Lipinski definition) is 4. The van der Waals surface area contributed by atoms with Gasteiger partial charge in [-0.3, -0.25) is 0 Å². The van der Waals surface area contributed by atoms with E-state index in [9.17, 15) is 0 Å². The van der Waals surface area contributed by atoms with E-state index in [4.69, 9.17) is 19.8 Å². The Bertz CT molecular complexity index is 81.7. The molecule has 0 bridgehead atoms. The molecule has 8 heteroatoms. The molecule has 10 heavy (non-hydrogen) atoms. The molecule has 1 radical (unpaired) electrons. The van der Waals surface area contributed by atoms with Gasteiger partial charge in [0, 0.05) is 17.1 Å². The van der Waals surface area contributed by atoms with Crippen molar-refractivity contribution in [2.45, 2.75) is 0 Å². The summed E-state index contributed by atoms with van der Waals surface area (Å²) in [7, 11) is 0. The quantitative estimate of drug-likeness (QED) is 0.305. The maximum Gasteiger partial charge on any atom is 2.00 e. The minimum atomic E-state index is -2.19. The Morgan fingerprint density at radius 3 is 1.00 bits per heavy atom. The smallest absolute Gasteiger partial charge is 0.543 e. The van der Waals surface area contributed by atoms with Gasteiger partial charge < -0.3 is 30.8 Å². The number of aliphatic carboxylic acids is 2. The first-order chi connectivity index (χ1) is 2.64. The third-order valence-electron chi connectivity index (χ3n) is 0.167. The summed E-state index contributed by atoms with van der Waals surface area (Å²) in [6, 6.07) is 0. The second-order valence-electron chi connectivity index (χ2n) is 0.575. The van der Waals surface area contributed by atoms with Crippen molar-refractivity contribution in [1.82, 2.24) is 0 Å². The van der Waals surface area contributed by atoms with Gasteiger partial charge in [-0.2, -0.15) is 0 Å². The van der Waals surface area contributed by atoms with E-state index in [0.29, 0.717) is 0 Å². The maximum absolute atomic E-state index is 8.93. The summed E-state index contributed by atoms with van der Waals surface area (Å²) in [5.74, 6) is -4.37. The molecule has 0 heterocycles. The van der Waals surface area contributed by atoms with Crippen LogP contribution in [0.4, 0.5) is 0 Å². The number of carboxylic acid groups (broad SMARTS) is 2. The second-order valence-corrected chi connectivity index (χ2v) is 0.575. The Kier molecular flexibility index (Phi) is 52.1. The molecule has 0 atom stereocenters. The topological polar surface area (TPSA) is 143 Å². The van der Waals surface area contributed by atoms with Crippen LogP contribution in [-0.2, 0) is 43.7 Å². The van der Waals surface area contributed by atoms with Crippen LogP contribution in [0.2, 0.25) is 0 Å². The number of carbonyl (C=O) groups excluding carboxylic acids is 2. The molecule has 0 spiro atoms. The Morgan fingerprint density at radius 2 is 1.00 bits per heavy atom. The molecule has 0 unspecified atom stereocenters. The van der Waals surface area contributed by atoms with Crippen LogP contribution in [0.3, 0.4) is 0 Å². The maximum atomic E-state index is 8.93. The largest absolute Gasteiger partial charge is 2.00 e. The number of hydrogen-bond donors (Lipinski definition) is 0. The van der Waals surface area contributed by atoms with Crippen LogP contribution >= 0.6 is 0 Å². The fraction of sp³-hybridized carbons (Fsp3) is 0. The average Bonchev–Trinajstić information content (AvgIpc) is 1.36. The van der Waals surface area contributed by atoms with Gasteiger partial charge in [0.15, 0.2) is 0 Å². The van der Waals surface area contributed by atoms with Crippen molar-refractivity contribution in [3.63, 3.8) is 0 Å². The van der Waals surface area contributed by atoms with Gasteiger partial charge in [-0.05, 0) is 0 Å². The Balaban J connectivity index is -0.0000000208. The number of carboxylic acids is 2. The van der Waals surface area contributed by atoms with Gasteiger partial charge in [-0.25, -0.2) is 0 Å². The monoisotopic (exact) mass is 235 g/mol. The first kappa shape index (κ1) is 32.7. The van der Waals surface area contributed by atoms with E-state index in [0.717, 1.165) is 0 Å². The van der Waals surface area contributed by atoms with Crippen LogP contribution < -0.4 is 10.2 Å². The fourth-order valence-electron chi connectivity index (χ4n) is 0. The van der Waals surface area contributed by atoms with Gasteiger partial charge in [-0.1, -0.05) is 0 Å². The molecule has 0 fully saturated rings. The first-order valence-electron chi connectivity index (χ1n) is 1.07. The molecule has 0 aliphatic rings. The Morgan fingerprint density at radius 1 is 0.900 bits per heavy atom. The van der Waals surface area contributed by atoms with Crippen molar-refractivity contribution in [3.05, 3.63) is 0 Å². The van der Waals surface area contributed by atoms with Crippen molar-refractivity contribution in [2.75, 3.05) is 0 Å². The van der Waals surface area contributed by atoms with E-state index >= 15 is 0 Å². The summed E-state index contributed by atoms with van der Waals surface area (Å²) >= 11 is 0. The molecule has 0 aromatic heterocycles. The third-order valence-corrected chi connectivity index (χ3v) is 0.167. The molecule has 4 N–H and O–H groups in total. The van der Waals surface area contributed by atoms with Crippen molar-refractivity contribution in [2.24, 2.45) is 0 Å². The van der Waals surface area contributed by atoms with Gasteiger partial charge in [0.05, 0.1) is 11.9 Å². The summed E-state index contributed by atoms with van der Waals surface area (Å²) in [6.07, 6.45) is 0. The van der Waals surface area contributed by atoms with Crippen molar-refractivity contribution in [1.29, 1.82) is 0 Å². The molecule has 0 saturated carbocycles. The van der Waals surface area contributed by atoms with E-state index in [1.165, 1.54) is 0 Å². The second kappa shape index (κ2) is 16.0. The van der Waals surface area contributed by atoms with E-state index in [-0.39, 0.29) is 45.1 Å². The molecule has 63 valence electrons. The standard InChI is InChI=1S/C2H2O4.Fe.Mn.2H2O/c3-1(4)2(5)6;;;;/h(H,3,4)(H,5,6);;;2*1H2/q;;+2;;/p-2. The van der Waals surface area contributed by atoms with Crippen molar-refractivity contribution in [3.8, 4) is 0 Å². The molecular formula is C2H4FeMnO6. The van der Waals surface area contributed by atoms with Crippen LogP contribution in [0, 0.1) is 0 Å². The van der Waals surface area contributed by atoms with Gasteiger partial charge in [0.1, 0.15) is 0 Å². The molecule has 0 saturated heterocycles. The summed E-state index contributed by atoms with van der Waals surface area (Å²) in [6.45, 7) is 0. The number of carbonyl (C=O) groups is 2. The third kappa shape index (κ3) is 24.7. The zero-order chi connectivity index (χ0) is 5.15. The van der Waals surface area contributed by atoms with Crippen LogP contribution in [0.1, 0.15) is 0 Å². The molecule has 0 aromatic rings. The minimum Gasteiger partial charge on any atom is -0.543 e. The summed E-state index contributed by atoms with van der Waals surface area (Å²) in [5.41, 5.74) is 0. The molecule has 0 aromatic carbocycles. The first-order valence-corrected chi connectivity index (χ1v) is 1.07. The zero-order valence-corrected chi connectivity index (χ0v) is 6.65. The predicted molar refractivity (Wildman–Crippen MR) is 17.2 cm³/mol. The van der Waals surface area contributed by atoms with Gasteiger partial charge in [0.2, 0.25) is 0 Å². The molecule has 0 aliphatic heterocycles. The molecule has 0 amide bonds. The van der Waals surface area contributed by atoms with Gasteiger partial charge in [0.25, 0.3) is 0 Å². The summed E-state index contributed by atoms with van der Waals surface area (Å²) < 4.78 is 0. The SMILES string of the molecule is O.O.O=C([O-])C(=O)[O-].[Fe].[Mn+2]. The zero-order valence-electron chi connectivity index (χ0n) is 4.36. The Labute approximate surface area is 77.2 Å². The normalized spacial score (nSPS) is 4.40. The van der Waals surface area contributed by atoms with E-state index in [1.807, 2.05) is 0 Å². The van der Waals surface area contributed by atoms with Crippen LogP contribution in [0.15, 0.2) is 0 Å². The van der Waals surface area contributed by atoms with E-state index in [2.05, 4.69) is 0 Å². The van der Waals surface area contributed by atoms with Crippen LogP contribution in [-0.4, -0.2) is 22.9 Å². The average molecular weight is 235 g/mol. The Hall–Kier alpha value is -0.101. The minimum absolute atomic E-state index is 0. The van der Waals surface area contributed by atoms with Gasteiger partial charge >= 0.3 is 17.1 Å². The number of rotatable bonds is 0. The summed E-state index contributed by atoms with van der Waals surface area (Å²) in [5, 5.41) is 17.9. The van der Waals surface area contributed by atoms with Gasteiger partial charge in [-0.15, -0.1) is 0 Å². The van der Waals surface area contributed by atoms with Crippen molar-refractivity contribution >= 4 is 11.9 Å². The van der Waals surface area contributed by atoms with E-state index in [1.54, 1.807) is 0 Å². The molecule has 6 nitrogen and oxygen atoms in total. The molecule has 0 rings (SSSR count). The van der Waals surface area contributed by atoms with E-state index < -0.39 is 11.9 Å². The summed E-state index contributed by atoms with van der Waals surface area (Å²) in [4.78, 5) is 17.9. The van der Waals surface area contributed by atoms with Crippen molar-refractivity contribution < 1.29 is 64.9 Å². The molecule has 0 aliphatic carbocycles. The van der Waals surface area contributed by atoms with Crippen LogP contribution in [0.5, 0.6) is 0 Å². The molecular weight excluding hydrogens is 231 g/mol. The predicted octanol–water partition coefficient (Wildman–Crippen LogP) is -5.17. The fourth-order valence-corrected chi connectivity index (χ4v) is 0.